The molecule has 12 heteroatoms. The summed E-state index contributed by atoms with van der Waals surface area (Å²) >= 11 is 0.995. The topological polar surface area (TPSA) is 131 Å². The second kappa shape index (κ2) is 11.0. The molecule has 2 heterocycles. The van der Waals surface area contributed by atoms with Crippen LogP contribution < -0.4 is 10.0 Å². The van der Waals surface area contributed by atoms with Gasteiger partial charge in [0, 0.05) is 31.6 Å². The van der Waals surface area contributed by atoms with Crippen LogP contribution in [0.5, 0.6) is 0 Å². The van der Waals surface area contributed by atoms with E-state index in [1.165, 1.54) is 0 Å². The highest BCUT2D eigenvalue weighted by Crippen LogP contribution is 2.29. The molecule has 1 aliphatic heterocycles. The van der Waals surface area contributed by atoms with Crippen molar-refractivity contribution in [1.82, 2.24) is 23.7 Å². The summed E-state index contributed by atoms with van der Waals surface area (Å²) in [4.78, 5) is 26.4. The van der Waals surface area contributed by atoms with Crippen LogP contribution in [0, 0.1) is 11.8 Å². The number of aromatic nitrogens is 2. The largest absolute Gasteiger partial charge is 0.450 e. The molecule has 0 atom stereocenters. The minimum atomic E-state index is -3.68. The second-order valence-electron chi connectivity index (χ2n) is 8.93. The zero-order valence-corrected chi connectivity index (χ0v) is 20.9. The van der Waals surface area contributed by atoms with Crippen molar-refractivity contribution >= 4 is 44.8 Å². The molecule has 0 unspecified atom stereocenters. The monoisotopic (exact) mass is 509 g/mol. The van der Waals surface area contributed by atoms with Crippen LogP contribution in [0.2, 0.25) is 0 Å². The van der Waals surface area contributed by atoms with E-state index >= 15 is 0 Å². The van der Waals surface area contributed by atoms with Crippen molar-refractivity contribution in [3.05, 3.63) is 18.2 Å². The van der Waals surface area contributed by atoms with E-state index in [0.717, 1.165) is 50.3 Å². The number of piperidine rings is 1. The number of likely N-dealkylation sites (tertiary alicyclic amines) is 1. The SMILES string of the molecule is CCOC(=O)N1CCC(NC(=O)C2CCC(CNS(=O)(=O)c3cccc4nsnc34)CC2)CC1. The first kappa shape index (κ1) is 24.8. The van der Waals surface area contributed by atoms with Gasteiger partial charge in [-0.2, -0.15) is 8.75 Å². The van der Waals surface area contributed by atoms with Gasteiger partial charge in [0.2, 0.25) is 15.9 Å². The molecule has 1 aromatic carbocycles. The second-order valence-corrected chi connectivity index (χ2v) is 11.2. The zero-order valence-electron chi connectivity index (χ0n) is 19.2. The van der Waals surface area contributed by atoms with Crippen molar-refractivity contribution in [2.24, 2.45) is 11.8 Å². The molecule has 0 radical (unpaired) electrons. The number of nitrogens with zero attached hydrogens (tertiary/aromatic N) is 3. The predicted octanol–water partition coefficient (Wildman–Crippen LogP) is 2.51. The molecule has 2 N–H and O–H groups in total. The molecule has 2 amide bonds. The summed E-state index contributed by atoms with van der Waals surface area (Å²) < 4.78 is 41.6. The number of ether oxygens (including phenoxy) is 1. The maximum absolute atomic E-state index is 12.8. The van der Waals surface area contributed by atoms with Crippen LogP contribution in [0.3, 0.4) is 0 Å². The van der Waals surface area contributed by atoms with E-state index in [-0.39, 0.29) is 34.8 Å². The summed E-state index contributed by atoms with van der Waals surface area (Å²) in [6, 6.07) is 5.03. The minimum Gasteiger partial charge on any atom is -0.450 e. The van der Waals surface area contributed by atoms with Gasteiger partial charge in [-0.05, 0) is 63.5 Å². The lowest BCUT2D eigenvalue weighted by atomic mass is 9.81. The summed E-state index contributed by atoms with van der Waals surface area (Å²) in [6.07, 6.45) is 4.23. The fourth-order valence-electron chi connectivity index (χ4n) is 4.67. The Balaban J connectivity index is 1.20. The first-order valence-corrected chi connectivity index (χ1v) is 14.0. The average Bonchev–Trinajstić information content (AvgIpc) is 3.33. The van der Waals surface area contributed by atoms with Gasteiger partial charge in [-0.3, -0.25) is 4.79 Å². The number of hydrogen-bond acceptors (Lipinski definition) is 8. The van der Waals surface area contributed by atoms with Gasteiger partial charge < -0.3 is 15.0 Å². The minimum absolute atomic E-state index is 0.0502. The van der Waals surface area contributed by atoms with Gasteiger partial charge in [-0.15, -0.1) is 0 Å². The molecule has 1 saturated carbocycles. The Kier molecular flexibility index (Phi) is 7.99. The van der Waals surface area contributed by atoms with E-state index in [0.29, 0.717) is 37.3 Å². The zero-order chi connectivity index (χ0) is 24.1. The number of sulfonamides is 1. The summed E-state index contributed by atoms with van der Waals surface area (Å²) in [5.74, 6) is 0.210. The maximum Gasteiger partial charge on any atom is 0.409 e. The summed E-state index contributed by atoms with van der Waals surface area (Å²) in [7, 11) is -3.68. The molecule has 10 nitrogen and oxygen atoms in total. The van der Waals surface area contributed by atoms with E-state index in [1.54, 1.807) is 30.0 Å². The van der Waals surface area contributed by atoms with E-state index in [1.807, 2.05) is 0 Å². The Labute approximate surface area is 203 Å². The molecule has 186 valence electrons. The summed E-state index contributed by atoms with van der Waals surface area (Å²) in [5, 5.41) is 3.15. The van der Waals surface area contributed by atoms with Gasteiger partial charge in [0.15, 0.2) is 0 Å². The first-order valence-electron chi connectivity index (χ1n) is 11.8. The fraction of sp³-hybridized carbons (Fsp3) is 0.636. The normalized spacial score (nSPS) is 22.0. The predicted molar refractivity (Wildman–Crippen MR) is 128 cm³/mol. The molecule has 4 rings (SSSR count). The lowest BCUT2D eigenvalue weighted by molar-refractivity contribution is -0.127. The number of amides is 2. The van der Waals surface area contributed by atoms with Crippen LogP contribution in [0.25, 0.3) is 11.0 Å². The highest BCUT2D eigenvalue weighted by atomic mass is 32.2. The average molecular weight is 510 g/mol. The van der Waals surface area contributed by atoms with E-state index < -0.39 is 10.0 Å². The van der Waals surface area contributed by atoms with Gasteiger partial charge in [0.1, 0.15) is 15.9 Å². The smallest absolute Gasteiger partial charge is 0.409 e. The number of fused-ring (bicyclic) bond motifs is 1. The van der Waals surface area contributed by atoms with Crippen molar-refractivity contribution in [2.75, 3.05) is 26.2 Å². The van der Waals surface area contributed by atoms with Crippen LogP contribution in [0.15, 0.2) is 23.1 Å². The number of nitrogens with one attached hydrogen (secondary N) is 2. The van der Waals surface area contributed by atoms with Gasteiger partial charge in [0.05, 0.1) is 18.3 Å². The number of carbonyl (C=O) groups excluding carboxylic acids is 2. The van der Waals surface area contributed by atoms with Gasteiger partial charge in [0.25, 0.3) is 0 Å². The third-order valence-electron chi connectivity index (χ3n) is 6.69. The van der Waals surface area contributed by atoms with E-state index in [4.69, 9.17) is 4.74 Å². The Morgan fingerprint density at radius 2 is 1.85 bits per heavy atom. The molecule has 2 aliphatic rings. The highest BCUT2D eigenvalue weighted by Gasteiger charge is 2.30. The Bertz CT molecular complexity index is 1110. The molecule has 1 saturated heterocycles. The number of hydrogen-bond donors (Lipinski definition) is 2. The molecule has 2 aromatic rings. The number of benzene rings is 1. The third kappa shape index (κ3) is 5.84. The lowest BCUT2D eigenvalue weighted by Crippen LogP contribution is -2.48. The lowest BCUT2D eigenvalue weighted by Gasteiger charge is -2.33. The summed E-state index contributed by atoms with van der Waals surface area (Å²) in [5.41, 5.74) is 0.972. The standard InChI is InChI=1S/C22H31N5O5S2/c1-2-32-22(29)27-12-10-17(11-13-27)24-21(28)16-8-6-15(7-9-16)14-23-34(30,31)19-5-3-4-18-20(19)26-33-25-18/h3-5,15-17,23H,2,6-14H2,1H3,(H,24,28). The Morgan fingerprint density at radius 1 is 1.12 bits per heavy atom. The quantitative estimate of drug-likeness (QED) is 0.586. The molecule has 0 spiro atoms. The van der Waals surface area contributed by atoms with E-state index in [2.05, 4.69) is 18.8 Å². The van der Waals surface area contributed by atoms with Crippen molar-refractivity contribution in [2.45, 2.75) is 56.4 Å². The molecule has 34 heavy (non-hydrogen) atoms. The van der Waals surface area contributed by atoms with Crippen LogP contribution in [0.4, 0.5) is 4.79 Å². The first-order chi connectivity index (χ1) is 16.4. The number of rotatable bonds is 7. The Hall–Kier alpha value is -2.31. The van der Waals surface area contributed by atoms with Gasteiger partial charge in [-0.25, -0.2) is 17.9 Å². The van der Waals surface area contributed by atoms with E-state index in [9.17, 15) is 18.0 Å². The summed E-state index contributed by atoms with van der Waals surface area (Å²) in [6.45, 7) is 3.66. The van der Waals surface area contributed by atoms with Crippen molar-refractivity contribution < 1.29 is 22.7 Å². The molecular formula is C22H31N5O5S2. The van der Waals surface area contributed by atoms with Crippen LogP contribution in [0.1, 0.15) is 45.4 Å². The van der Waals surface area contributed by atoms with Crippen LogP contribution >= 0.6 is 11.7 Å². The van der Waals surface area contributed by atoms with Gasteiger partial charge >= 0.3 is 6.09 Å². The van der Waals surface area contributed by atoms with Gasteiger partial charge in [-0.1, -0.05) is 6.07 Å². The van der Waals surface area contributed by atoms with Crippen molar-refractivity contribution in [3.63, 3.8) is 0 Å². The molecular weight excluding hydrogens is 478 g/mol. The third-order valence-corrected chi connectivity index (χ3v) is 8.68. The highest BCUT2D eigenvalue weighted by molar-refractivity contribution is 7.89. The molecule has 2 fully saturated rings. The Morgan fingerprint density at radius 3 is 2.56 bits per heavy atom. The van der Waals surface area contributed by atoms with Crippen LogP contribution in [-0.4, -0.2) is 66.3 Å². The maximum atomic E-state index is 12.8. The van der Waals surface area contributed by atoms with Crippen molar-refractivity contribution in [3.8, 4) is 0 Å². The molecule has 1 aliphatic carbocycles. The van der Waals surface area contributed by atoms with Crippen LogP contribution in [-0.2, 0) is 19.6 Å². The molecule has 0 bridgehead atoms. The number of carbonyl (C=O) groups is 2. The fourth-order valence-corrected chi connectivity index (χ4v) is 6.55. The van der Waals surface area contributed by atoms with Crippen molar-refractivity contribution in [1.29, 1.82) is 0 Å². The molecule has 1 aromatic heterocycles.